The molecule has 0 amide bonds. The van der Waals surface area contributed by atoms with Gasteiger partial charge in [-0.1, -0.05) is 33.1 Å². The molecule has 1 rings (SSSR count). The lowest BCUT2D eigenvalue weighted by atomic mass is 10.2. The van der Waals surface area contributed by atoms with Gasteiger partial charge >= 0.3 is 0 Å². The van der Waals surface area contributed by atoms with Gasteiger partial charge in [-0.25, -0.2) is 0 Å². The van der Waals surface area contributed by atoms with Crippen molar-refractivity contribution in [2.24, 2.45) is 0 Å². The fourth-order valence-corrected chi connectivity index (χ4v) is 2.36. The van der Waals surface area contributed by atoms with Gasteiger partial charge in [-0.15, -0.1) is 0 Å². The van der Waals surface area contributed by atoms with Crippen LogP contribution in [0.4, 0.5) is 0 Å². The van der Waals surface area contributed by atoms with Crippen LogP contribution in [0.5, 0.6) is 0 Å². The third kappa shape index (κ3) is 3.73. The van der Waals surface area contributed by atoms with Gasteiger partial charge < -0.3 is 9.80 Å². The van der Waals surface area contributed by atoms with Crippen molar-refractivity contribution in [3.8, 4) is 0 Å². The van der Waals surface area contributed by atoms with Crippen LogP contribution in [0, 0.1) is 0 Å². The van der Waals surface area contributed by atoms with E-state index in [-0.39, 0.29) is 0 Å². The van der Waals surface area contributed by atoms with Crippen LogP contribution in [-0.4, -0.2) is 29.1 Å². The maximum Gasteiger partial charge on any atom is 0.101 e. The van der Waals surface area contributed by atoms with Gasteiger partial charge in [0.25, 0.3) is 0 Å². The summed E-state index contributed by atoms with van der Waals surface area (Å²) in [4.78, 5) is 5.01. The second kappa shape index (κ2) is 7.59. The average molecular weight is 224 g/mol. The fraction of sp³-hybridized carbons (Fsp3) is 0.857. The number of hydrogen-bond donors (Lipinski definition) is 0. The quantitative estimate of drug-likeness (QED) is 0.579. The molecule has 0 saturated carbocycles. The van der Waals surface area contributed by atoms with Crippen LogP contribution in [0.15, 0.2) is 12.4 Å². The molecule has 0 fully saturated rings. The van der Waals surface area contributed by atoms with E-state index in [0.717, 1.165) is 6.54 Å². The Morgan fingerprint density at radius 1 is 0.875 bits per heavy atom. The summed E-state index contributed by atoms with van der Waals surface area (Å²) >= 11 is 0. The number of hydrogen-bond acceptors (Lipinski definition) is 2. The maximum absolute atomic E-state index is 2.54. The summed E-state index contributed by atoms with van der Waals surface area (Å²) < 4.78 is 0. The van der Waals surface area contributed by atoms with E-state index < -0.39 is 0 Å². The predicted octanol–water partition coefficient (Wildman–Crippen LogP) is 3.80. The van der Waals surface area contributed by atoms with Gasteiger partial charge in [0.2, 0.25) is 0 Å². The van der Waals surface area contributed by atoms with Crippen LogP contribution in [-0.2, 0) is 0 Å². The van der Waals surface area contributed by atoms with Gasteiger partial charge in [-0.2, -0.15) is 0 Å². The van der Waals surface area contributed by atoms with E-state index in [1.165, 1.54) is 45.1 Å². The van der Waals surface area contributed by atoms with Gasteiger partial charge in [-0.3, -0.25) is 0 Å². The Balaban J connectivity index is 2.38. The molecule has 2 heteroatoms. The van der Waals surface area contributed by atoms with Crippen molar-refractivity contribution in [1.29, 1.82) is 0 Å². The first kappa shape index (κ1) is 13.4. The third-order valence-corrected chi connectivity index (χ3v) is 3.42. The normalized spacial score (nSPS) is 19.8. The predicted molar refractivity (Wildman–Crippen MR) is 71.1 cm³/mol. The van der Waals surface area contributed by atoms with Crippen LogP contribution < -0.4 is 0 Å². The molecule has 0 aromatic heterocycles. The zero-order valence-electron chi connectivity index (χ0n) is 11.3. The lowest BCUT2D eigenvalue weighted by Gasteiger charge is -2.32. The Bertz CT molecular complexity index is 201. The van der Waals surface area contributed by atoms with E-state index in [2.05, 4.69) is 43.0 Å². The molecule has 2 nitrogen and oxygen atoms in total. The molecule has 0 spiro atoms. The van der Waals surface area contributed by atoms with E-state index in [0.29, 0.717) is 6.17 Å². The summed E-state index contributed by atoms with van der Waals surface area (Å²) in [6.45, 7) is 9.16. The molecule has 0 aromatic carbocycles. The Hall–Kier alpha value is -0.660. The van der Waals surface area contributed by atoms with Crippen molar-refractivity contribution >= 4 is 0 Å². The fourth-order valence-electron chi connectivity index (χ4n) is 2.36. The minimum Gasteiger partial charge on any atom is -0.356 e. The SMILES string of the molecule is CCCCCN1C=CN(CC)C1CCCC. The molecule has 1 aliphatic rings. The summed E-state index contributed by atoms with van der Waals surface area (Å²) in [5.41, 5.74) is 0. The highest BCUT2D eigenvalue weighted by Gasteiger charge is 2.23. The summed E-state index contributed by atoms with van der Waals surface area (Å²) in [5, 5.41) is 0. The molecule has 1 unspecified atom stereocenters. The molecule has 1 aliphatic heterocycles. The Morgan fingerprint density at radius 2 is 1.56 bits per heavy atom. The lowest BCUT2D eigenvalue weighted by Crippen LogP contribution is -2.38. The topological polar surface area (TPSA) is 6.48 Å². The number of rotatable bonds is 8. The monoisotopic (exact) mass is 224 g/mol. The van der Waals surface area contributed by atoms with Gasteiger partial charge in [-0.05, 0) is 26.2 Å². The van der Waals surface area contributed by atoms with Gasteiger partial charge in [0, 0.05) is 25.5 Å². The summed E-state index contributed by atoms with van der Waals surface area (Å²) in [5.74, 6) is 0. The highest BCUT2D eigenvalue weighted by Crippen LogP contribution is 2.21. The van der Waals surface area contributed by atoms with Crippen molar-refractivity contribution in [1.82, 2.24) is 9.80 Å². The molecule has 1 heterocycles. The first-order valence-electron chi connectivity index (χ1n) is 7.03. The van der Waals surface area contributed by atoms with E-state index in [9.17, 15) is 0 Å². The first-order chi connectivity index (χ1) is 7.83. The molecular weight excluding hydrogens is 196 g/mol. The van der Waals surface area contributed by atoms with Crippen molar-refractivity contribution in [2.45, 2.75) is 65.5 Å². The molecular formula is C14H28N2. The number of unbranched alkanes of at least 4 members (excludes halogenated alkanes) is 3. The molecule has 0 radical (unpaired) electrons. The largest absolute Gasteiger partial charge is 0.356 e. The Labute approximate surface area is 101 Å². The van der Waals surface area contributed by atoms with E-state index in [4.69, 9.17) is 0 Å². The van der Waals surface area contributed by atoms with Crippen LogP contribution in [0.1, 0.15) is 59.3 Å². The standard InChI is InChI=1S/C14H28N2/c1-4-7-9-11-16-13-12-15(6-3)14(16)10-8-5-2/h12-14H,4-11H2,1-3H3. The van der Waals surface area contributed by atoms with E-state index in [1.54, 1.807) is 0 Å². The number of nitrogens with zero attached hydrogens (tertiary/aromatic N) is 2. The zero-order valence-corrected chi connectivity index (χ0v) is 11.3. The van der Waals surface area contributed by atoms with Gasteiger partial charge in [0.15, 0.2) is 0 Å². The van der Waals surface area contributed by atoms with Crippen molar-refractivity contribution in [2.75, 3.05) is 13.1 Å². The maximum atomic E-state index is 2.54. The molecule has 0 aromatic rings. The molecule has 0 N–H and O–H groups in total. The minimum absolute atomic E-state index is 0.641. The highest BCUT2D eigenvalue weighted by molar-refractivity contribution is 4.96. The highest BCUT2D eigenvalue weighted by atomic mass is 15.4. The lowest BCUT2D eigenvalue weighted by molar-refractivity contribution is 0.143. The average Bonchev–Trinajstić information content (AvgIpc) is 2.69. The summed E-state index contributed by atoms with van der Waals surface area (Å²) in [6.07, 6.45) is 13.2. The second-order valence-corrected chi connectivity index (χ2v) is 4.70. The van der Waals surface area contributed by atoms with Gasteiger partial charge in [0.1, 0.15) is 6.17 Å². The Kier molecular flexibility index (Phi) is 6.36. The molecule has 16 heavy (non-hydrogen) atoms. The van der Waals surface area contributed by atoms with Crippen LogP contribution in [0.2, 0.25) is 0 Å². The smallest absolute Gasteiger partial charge is 0.101 e. The van der Waals surface area contributed by atoms with Crippen LogP contribution in [0.3, 0.4) is 0 Å². The summed E-state index contributed by atoms with van der Waals surface area (Å²) in [7, 11) is 0. The van der Waals surface area contributed by atoms with Crippen LogP contribution >= 0.6 is 0 Å². The molecule has 0 aliphatic carbocycles. The van der Waals surface area contributed by atoms with Crippen LogP contribution in [0.25, 0.3) is 0 Å². The van der Waals surface area contributed by atoms with E-state index >= 15 is 0 Å². The van der Waals surface area contributed by atoms with Crippen molar-refractivity contribution in [3.63, 3.8) is 0 Å². The molecule has 94 valence electrons. The second-order valence-electron chi connectivity index (χ2n) is 4.70. The summed E-state index contributed by atoms with van der Waals surface area (Å²) in [6, 6.07) is 0. The zero-order chi connectivity index (χ0) is 11.8. The Morgan fingerprint density at radius 3 is 2.19 bits per heavy atom. The van der Waals surface area contributed by atoms with Crippen molar-refractivity contribution in [3.05, 3.63) is 12.4 Å². The van der Waals surface area contributed by atoms with Gasteiger partial charge in [0.05, 0.1) is 0 Å². The third-order valence-electron chi connectivity index (χ3n) is 3.42. The molecule has 0 saturated heterocycles. The molecule has 1 atom stereocenters. The first-order valence-corrected chi connectivity index (χ1v) is 7.03. The minimum atomic E-state index is 0.641. The molecule has 0 bridgehead atoms. The van der Waals surface area contributed by atoms with Crippen molar-refractivity contribution < 1.29 is 0 Å². The van der Waals surface area contributed by atoms with E-state index in [1.807, 2.05) is 0 Å².